The van der Waals surface area contributed by atoms with E-state index in [-0.39, 0.29) is 5.75 Å². The van der Waals surface area contributed by atoms with Crippen LogP contribution in [0.2, 0.25) is 0 Å². The van der Waals surface area contributed by atoms with Crippen LogP contribution in [0.25, 0.3) is 10.2 Å². The van der Waals surface area contributed by atoms with E-state index in [0.717, 1.165) is 11.3 Å². The lowest BCUT2D eigenvalue weighted by Crippen LogP contribution is -2.16. The molecule has 0 bridgehead atoms. The summed E-state index contributed by atoms with van der Waals surface area (Å²) < 4.78 is 39.6. The monoisotopic (exact) mass is 235 g/mol. The lowest BCUT2D eigenvalue weighted by atomic mass is 10.3. The number of benzene rings is 1. The van der Waals surface area contributed by atoms with E-state index < -0.39 is 11.6 Å². The molecule has 0 fully saturated rings. The fourth-order valence-corrected chi connectivity index (χ4v) is 1.90. The first-order chi connectivity index (χ1) is 6.94. The van der Waals surface area contributed by atoms with E-state index in [0.29, 0.717) is 10.2 Å². The number of aromatic nitrogens is 1. The quantitative estimate of drug-likeness (QED) is 0.826. The summed E-state index contributed by atoms with van der Waals surface area (Å²) in [5, 5.41) is 8.60. The van der Waals surface area contributed by atoms with Gasteiger partial charge in [0, 0.05) is 0 Å². The van der Waals surface area contributed by atoms with Crippen LogP contribution >= 0.6 is 11.3 Å². The van der Waals surface area contributed by atoms with Crippen LogP contribution in [0.4, 0.5) is 13.2 Å². The lowest BCUT2D eigenvalue weighted by molar-refractivity contribution is -0.274. The Morgan fingerprint density at radius 3 is 2.73 bits per heavy atom. The summed E-state index contributed by atoms with van der Waals surface area (Å²) in [7, 11) is 0. The Bertz CT molecular complexity index is 494. The first kappa shape index (κ1) is 10.0. The van der Waals surface area contributed by atoms with E-state index in [9.17, 15) is 13.2 Å². The summed E-state index contributed by atoms with van der Waals surface area (Å²) >= 11 is 0.725. The number of rotatable bonds is 1. The SMILES string of the molecule is Oc1ccc2nc(OC(F)(F)F)sc2c1. The van der Waals surface area contributed by atoms with Gasteiger partial charge in [-0.05, 0) is 18.2 Å². The van der Waals surface area contributed by atoms with E-state index in [2.05, 4.69) is 9.72 Å². The third kappa shape index (κ3) is 2.30. The highest BCUT2D eigenvalue weighted by molar-refractivity contribution is 7.20. The molecule has 0 atom stereocenters. The highest BCUT2D eigenvalue weighted by atomic mass is 32.1. The molecule has 15 heavy (non-hydrogen) atoms. The second kappa shape index (κ2) is 3.27. The topological polar surface area (TPSA) is 42.4 Å². The largest absolute Gasteiger partial charge is 0.574 e. The molecule has 0 aliphatic rings. The molecule has 0 radical (unpaired) electrons. The van der Waals surface area contributed by atoms with Crippen molar-refractivity contribution < 1.29 is 23.0 Å². The number of hydrogen-bond donors (Lipinski definition) is 1. The van der Waals surface area contributed by atoms with Crippen molar-refractivity contribution in [3.05, 3.63) is 18.2 Å². The molecule has 1 aromatic heterocycles. The molecule has 1 heterocycles. The number of phenols is 1. The second-order valence-corrected chi connectivity index (χ2v) is 3.67. The van der Waals surface area contributed by atoms with Crippen molar-refractivity contribution in [2.45, 2.75) is 6.36 Å². The minimum atomic E-state index is -4.74. The van der Waals surface area contributed by atoms with Gasteiger partial charge in [0.2, 0.25) is 0 Å². The first-order valence-electron chi connectivity index (χ1n) is 3.79. The first-order valence-corrected chi connectivity index (χ1v) is 4.61. The van der Waals surface area contributed by atoms with Crippen LogP contribution < -0.4 is 4.74 Å². The van der Waals surface area contributed by atoms with E-state index >= 15 is 0 Å². The van der Waals surface area contributed by atoms with Gasteiger partial charge in [0.25, 0.3) is 5.19 Å². The van der Waals surface area contributed by atoms with Crippen molar-refractivity contribution in [2.75, 3.05) is 0 Å². The minimum Gasteiger partial charge on any atom is -0.508 e. The van der Waals surface area contributed by atoms with Gasteiger partial charge in [0.05, 0.1) is 10.2 Å². The normalized spacial score (nSPS) is 11.9. The van der Waals surface area contributed by atoms with Crippen molar-refractivity contribution in [1.29, 1.82) is 0 Å². The molecule has 2 rings (SSSR count). The second-order valence-electron chi connectivity index (χ2n) is 2.68. The molecule has 0 amide bonds. The molecule has 0 spiro atoms. The average molecular weight is 235 g/mol. The Morgan fingerprint density at radius 2 is 2.07 bits per heavy atom. The maximum Gasteiger partial charge on any atom is 0.574 e. The number of aromatic hydroxyl groups is 1. The van der Waals surface area contributed by atoms with Gasteiger partial charge in [-0.2, -0.15) is 0 Å². The smallest absolute Gasteiger partial charge is 0.508 e. The zero-order valence-corrected chi connectivity index (χ0v) is 7.89. The summed E-state index contributed by atoms with van der Waals surface area (Å²) in [5.41, 5.74) is 0.358. The van der Waals surface area contributed by atoms with Gasteiger partial charge in [-0.25, -0.2) is 4.98 Å². The molecule has 1 aromatic carbocycles. The van der Waals surface area contributed by atoms with Crippen LogP contribution in [0.15, 0.2) is 18.2 Å². The zero-order valence-electron chi connectivity index (χ0n) is 7.08. The van der Waals surface area contributed by atoms with Crippen LogP contribution in [0.5, 0.6) is 10.9 Å². The number of ether oxygens (including phenoxy) is 1. The van der Waals surface area contributed by atoms with Crippen LogP contribution in [-0.4, -0.2) is 16.5 Å². The number of fused-ring (bicyclic) bond motifs is 1. The molecule has 0 saturated heterocycles. The Hall–Kier alpha value is -1.50. The number of phenolic OH excluding ortho intramolecular Hbond substituents is 1. The fraction of sp³-hybridized carbons (Fsp3) is 0.125. The van der Waals surface area contributed by atoms with Crippen molar-refractivity contribution in [3.8, 4) is 10.9 Å². The van der Waals surface area contributed by atoms with Crippen molar-refractivity contribution in [2.24, 2.45) is 0 Å². The van der Waals surface area contributed by atoms with E-state index in [4.69, 9.17) is 5.11 Å². The van der Waals surface area contributed by atoms with Gasteiger partial charge in [-0.1, -0.05) is 11.3 Å². The van der Waals surface area contributed by atoms with Gasteiger partial charge in [0.15, 0.2) is 0 Å². The molecule has 0 unspecified atom stereocenters. The fourth-order valence-electron chi connectivity index (χ4n) is 1.03. The van der Waals surface area contributed by atoms with Crippen LogP contribution in [0.1, 0.15) is 0 Å². The third-order valence-corrected chi connectivity index (χ3v) is 2.45. The average Bonchev–Trinajstić information content (AvgIpc) is 2.42. The lowest BCUT2D eigenvalue weighted by Gasteiger charge is -2.03. The third-order valence-electron chi connectivity index (χ3n) is 1.56. The molecule has 2 aromatic rings. The maximum atomic E-state index is 11.8. The summed E-state index contributed by atoms with van der Waals surface area (Å²) in [6.45, 7) is 0. The molecule has 3 nitrogen and oxygen atoms in total. The minimum absolute atomic E-state index is 0.0234. The van der Waals surface area contributed by atoms with Crippen LogP contribution in [0.3, 0.4) is 0 Å². The molecular weight excluding hydrogens is 231 g/mol. The number of thiazole rings is 1. The van der Waals surface area contributed by atoms with Crippen molar-refractivity contribution in [3.63, 3.8) is 0 Å². The zero-order chi connectivity index (χ0) is 11.1. The Balaban J connectivity index is 2.39. The van der Waals surface area contributed by atoms with E-state index in [1.54, 1.807) is 0 Å². The molecule has 0 saturated carbocycles. The summed E-state index contributed by atoms with van der Waals surface area (Å²) in [6.07, 6.45) is -4.74. The van der Waals surface area contributed by atoms with Gasteiger partial charge < -0.3 is 9.84 Å². The molecule has 0 aliphatic carbocycles. The van der Waals surface area contributed by atoms with E-state index in [1.807, 2.05) is 0 Å². The highest BCUT2D eigenvalue weighted by Crippen LogP contribution is 2.33. The van der Waals surface area contributed by atoms with Crippen molar-refractivity contribution in [1.82, 2.24) is 4.98 Å². The number of alkyl halides is 3. The summed E-state index contributed by atoms with van der Waals surface area (Å²) in [4.78, 5) is 3.60. The highest BCUT2D eigenvalue weighted by Gasteiger charge is 2.32. The Kier molecular flexibility index (Phi) is 2.18. The van der Waals surface area contributed by atoms with Crippen molar-refractivity contribution >= 4 is 21.6 Å². The Morgan fingerprint density at radius 1 is 1.33 bits per heavy atom. The van der Waals surface area contributed by atoms with Gasteiger partial charge in [0.1, 0.15) is 5.75 Å². The number of hydrogen-bond acceptors (Lipinski definition) is 4. The van der Waals surface area contributed by atoms with Crippen LogP contribution in [0, 0.1) is 0 Å². The van der Waals surface area contributed by atoms with Gasteiger partial charge >= 0.3 is 6.36 Å². The van der Waals surface area contributed by atoms with Gasteiger partial charge in [-0.15, -0.1) is 13.2 Å². The van der Waals surface area contributed by atoms with Gasteiger partial charge in [-0.3, -0.25) is 0 Å². The maximum absolute atomic E-state index is 11.8. The number of nitrogens with zero attached hydrogens (tertiary/aromatic N) is 1. The number of halogens is 3. The molecule has 80 valence electrons. The molecular formula is C8H4F3NO2S. The summed E-state index contributed by atoms with van der Waals surface area (Å²) in [5.74, 6) is -0.0234. The van der Waals surface area contributed by atoms with Crippen LogP contribution in [-0.2, 0) is 0 Å². The predicted octanol–water partition coefficient (Wildman–Crippen LogP) is 2.90. The molecule has 0 aliphatic heterocycles. The molecule has 7 heteroatoms. The molecule has 1 N–H and O–H groups in total. The standard InChI is InChI=1S/C8H4F3NO2S/c9-8(10,11)14-7-12-5-2-1-4(13)3-6(5)15-7/h1-3,13H. The predicted molar refractivity (Wildman–Crippen MR) is 48.0 cm³/mol. The Labute approximate surface area is 85.7 Å². The van der Waals surface area contributed by atoms with E-state index in [1.165, 1.54) is 18.2 Å². The summed E-state index contributed by atoms with van der Waals surface area (Å²) in [6, 6.07) is 4.10.